The highest BCUT2D eigenvalue weighted by Gasteiger charge is 2.36. The van der Waals surface area contributed by atoms with Crippen molar-refractivity contribution in [2.45, 2.75) is 58.7 Å². The van der Waals surface area contributed by atoms with Gasteiger partial charge in [-0.1, -0.05) is 11.6 Å². The van der Waals surface area contributed by atoms with E-state index in [4.69, 9.17) is 16.3 Å². The third-order valence-corrected chi connectivity index (χ3v) is 6.67. The lowest BCUT2D eigenvalue weighted by atomic mass is 9.95. The van der Waals surface area contributed by atoms with Gasteiger partial charge in [-0.05, 0) is 58.1 Å². The molecule has 3 aromatic heterocycles. The zero-order valence-corrected chi connectivity index (χ0v) is 19.5. The van der Waals surface area contributed by atoms with E-state index in [0.29, 0.717) is 10.9 Å². The molecule has 0 bridgehead atoms. The van der Waals surface area contributed by atoms with Gasteiger partial charge in [0.15, 0.2) is 11.3 Å². The molecule has 1 amide bonds. The Morgan fingerprint density at radius 2 is 1.97 bits per heavy atom. The van der Waals surface area contributed by atoms with Crippen LogP contribution in [0.15, 0.2) is 6.07 Å². The quantitative estimate of drug-likeness (QED) is 0.480. The zero-order valence-electron chi connectivity index (χ0n) is 18.0. The monoisotopic (exact) mass is 500 g/mol. The molecule has 3 aromatic rings. The Labute approximate surface area is 195 Å². The van der Waals surface area contributed by atoms with E-state index in [1.165, 1.54) is 18.3 Å². The number of fused-ring (bicyclic) bond motifs is 2. The number of ether oxygens (including phenoxy) is 1. The largest absolute Gasteiger partial charge is 0.459 e. The van der Waals surface area contributed by atoms with Crippen molar-refractivity contribution in [3.8, 4) is 0 Å². The normalized spacial score (nSPS) is 13.9. The van der Waals surface area contributed by atoms with Gasteiger partial charge < -0.3 is 10.1 Å². The van der Waals surface area contributed by atoms with Gasteiger partial charge in [-0.15, -0.1) is 11.3 Å². The van der Waals surface area contributed by atoms with E-state index in [1.54, 1.807) is 13.8 Å². The molecule has 0 unspecified atom stereocenters. The molecule has 0 saturated heterocycles. The highest BCUT2D eigenvalue weighted by atomic mass is 35.5. The first-order valence-electron chi connectivity index (χ1n) is 10.3. The average molecular weight is 501 g/mol. The molecule has 1 aliphatic carbocycles. The molecule has 0 aromatic carbocycles. The van der Waals surface area contributed by atoms with Crippen LogP contribution in [0.4, 0.5) is 18.2 Å². The number of aromatic nitrogens is 3. The van der Waals surface area contributed by atoms with Crippen molar-refractivity contribution in [1.29, 1.82) is 0 Å². The predicted octanol–water partition coefficient (Wildman–Crippen LogP) is 5.47. The number of amides is 1. The van der Waals surface area contributed by atoms with Crippen molar-refractivity contribution in [3.05, 3.63) is 44.2 Å². The number of esters is 1. The van der Waals surface area contributed by atoms with Gasteiger partial charge in [0, 0.05) is 10.6 Å². The number of aryl methyl sites for hydroxylation is 2. The molecule has 0 saturated carbocycles. The SMILES string of the molecule is Cc1cc(C(F)(F)F)n2nc(C(=O)Nc3sc4c(c3C(=O)OC(C)C)CCCC4)c(Cl)c2n1. The first kappa shape index (κ1) is 23.5. The van der Waals surface area contributed by atoms with Crippen LogP contribution in [0, 0.1) is 6.92 Å². The molecule has 1 N–H and O–H groups in total. The van der Waals surface area contributed by atoms with Crippen LogP contribution in [0.2, 0.25) is 5.02 Å². The van der Waals surface area contributed by atoms with E-state index >= 15 is 0 Å². The number of halogens is 4. The number of carbonyl (C=O) groups is 2. The Kier molecular flexibility index (Phi) is 6.12. The summed E-state index contributed by atoms with van der Waals surface area (Å²) in [5, 5.41) is 6.38. The first-order valence-corrected chi connectivity index (χ1v) is 11.5. The summed E-state index contributed by atoms with van der Waals surface area (Å²) in [5.74, 6) is -1.40. The van der Waals surface area contributed by atoms with E-state index in [-0.39, 0.29) is 33.0 Å². The summed E-state index contributed by atoms with van der Waals surface area (Å²) in [6.07, 6.45) is -1.77. The number of carbonyl (C=O) groups excluding carboxylic acids is 2. The Bertz CT molecular complexity index is 1270. The van der Waals surface area contributed by atoms with Crippen molar-refractivity contribution in [3.63, 3.8) is 0 Å². The molecular formula is C21H20ClF3N4O3S. The first-order chi connectivity index (χ1) is 15.5. The van der Waals surface area contributed by atoms with E-state index in [9.17, 15) is 22.8 Å². The summed E-state index contributed by atoms with van der Waals surface area (Å²) in [4.78, 5) is 30.8. The fourth-order valence-corrected chi connectivity index (χ4v) is 5.28. The van der Waals surface area contributed by atoms with Crippen molar-refractivity contribution in [1.82, 2.24) is 14.6 Å². The van der Waals surface area contributed by atoms with Crippen LogP contribution in [0.3, 0.4) is 0 Å². The summed E-state index contributed by atoms with van der Waals surface area (Å²) < 4.78 is 46.3. The number of thiophene rings is 1. The Balaban J connectivity index is 1.76. The molecule has 1 aliphatic rings. The van der Waals surface area contributed by atoms with Crippen LogP contribution in [0.25, 0.3) is 5.65 Å². The van der Waals surface area contributed by atoms with Gasteiger partial charge in [0.25, 0.3) is 5.91 Å². The number of anilines is 1. The molecule has 0 aliphatic heterocycles. The van der Waals surface area contributed by atoms with Crippen LogP contribution < -0.4 is 5.32 Å². The molecule has 0 spiro atoms. The van der Waals surface area contributed by atoms with Crippen molar-refractivity contribution >= 4 is 45.5 Å². The molecular weight excluding hydrogens is 481 g/mol. The number of hydrogen-bond acceptors (Lipinski definition) is 6. The van der Waals surface area contributed by atoms with Gasteiger partial charge >= 0.3 is 12.1 Å². The fraction of sp³-hybridized carbons (Fsp3) is 0.429. The van der Waals surface area contributed by atoms with E-state index in [0.717, 1.165) is 35.8 Å². The average Bonchev–Trinajstić information content (AvgIpc) is 3.23. The number of nitrogens with zero attached hydrogens (tertiary/aromatic N) is 3. The second-order valence-electron chi connectivity index (χ2n) is 8.00. The second-order valence-corrected chi connectivity index (χ2v) is 9.48. The number of rotatable bonds is 4. The summed E-state index contributed by atoms with van der Waals surface area (Å²) in [6.45, 7) is 4.83. The molecule has 33 heavy (non-hydrogen) atoms. The Morgan fingerprint density at radius 1 is 1.27 bits per heavy atom. The Hall–Kier alpha value is -2.66. The third-order valence-electron chi connectivity index (χ3n) is 5.11. The molecule has 0 fully saturated rings. The lowest BCUT2D eigenvalue weighted by molar-refractivity contribution is -0.142. The van der Waals surface area contributed by atoms with Crippen LogP contribution in [0.1, 0.15) is 69.4 Å². The predicted molar refractivity (Wildman–Crippen MR) is 117 cm³/mol. The van der Waals surface area contributed by atoms with Crippen molar-refractivity contribution < 1.29 is 27.5 Å². The summed E-state index contributed by atoms with van der Waals surface area (Å²) in [5.41, 5.74) is -0.604. The standard InChI is InChI=1S/C21H20ClF3N4O3S/c1-9(2)32-20(31)14-11-6-4-5-7-12(11)33-19(14)27-18(30)16-15(22)17-26-10(3)8-13(21(23,24)25)29(17)28-16/h8-9H,4-7H2,1-3H3,(H,27,30). The van der Waals surface area contributed by atoms with E-state index in [2.05, 4.69) is 15.4 Å². The summed E-state index contributed by atoms with van der Waals surface area (Å²) in [7, 11) is 0. The van der Waals surface area contributed by atoms with Gasteiger partial charge in [-0.2, -0.15) is 18.3 Å². The minimum absolute atomic E-state index is 0.0771. The highest BCUT2D eigenvalue weighted by Crippen LogP contribution is 2.39. The molecule has 7 nitrogen and oxygen atoms in total. The second kappa shape index (κ2) is 8.60. The minimum atomic E-state index is -4.73. The van der Waals surface area contributed by atoms with Crippen LogP contribution in [-0.2, 0) is 23.8 Å². The molecule has 4 rings (SSSR count). The fourth-order valence-electron chi connectivity index (χ4n) is 3.77. The highest BCUT2D eigenvalue weighted by molar-refractivity contribution is 7.17. The van der Waals surface area contributed by atoms with E-state index in [1.807, 2.05) is 0 Å². The third kappa shape index (κ3) is 4.43. The van der Waals surface area contributed by atoms with Gasteiger partial charge in [0.1, 0.15) is 15.7 Å². The van der Waals surface area contributed by atoms with Crippen molar-refractivity contribution in [2.75, 3.05) is 5.32 Å². The lowest BCUT2D eigenvalue weighted by Gasteiger charge is -2.14. The smallest absolute Gasteiger partial charge is 0.433 e. The molecule has 12 heteroatoms. The molecule has 0 radical (unpaired) electrons. The number of alkyl halides is 3. The van der Waals surface area contributed by atoms with Gasteiger partial charge in [0.2, 0.25) is 0 Å². The Morgan fingerprint density at radius 3 is 2.64 bits per heavy atom. The van der Waals surface area contributed by atoms with Crippen LogP contribution in [-0.4, -0.2) is 32.6 Å². The number of nitrogens with one attached hydrogen (secondary N) is 1. The van der Waals surface area contributed by atoms with Gasteiger partial charge in [-0.25, -0.2) is 14.3 Å². The van der Waals surface area contributed by atoms with Gasteiger partial charge in [-0.3, -0.25) is 4.79 Å². The minimum Gasteiger partial charge on any atom is -0.459 e. The van der Waals surface area contributed by atoms with Crippen LogP contribution in [0.5, 0.6) is 0 Å². The topological polar surface area (TPSA) is 85.6 Å². The lowest BCUT2D eigenvalue weighted by Crippen LogP contribution is -2.18. The molecule has 3 heterocycles. The maximum atomic E-state index is 13.5. The molecule has 176 valence electrons. The zero-order chi connectivity index (χ0) is 24.1. The number of hydrogen-bond donors (Lipinski definition) is 1. The maximum Gasteiger partial charge on any atom is 0.433 e. The van der Waals surface area contributed by atoms with Gasteiger partial charge in [0.05, 0.1) is 11.7 Å². The van der Waals surface area contributed by atoms with Crippen LogP contribution >= 0.6 is 22.9 Å². The van der Waals surface area contributed by atoms with E-state index < -0.39 is 29.4 Å². The maximum absolute atomic E-state index is 13.5. The van der Waals surface area contributed by atoms with Crippen molar-refractivity contribution in [2.24, 2.45) is 0 Å². The summed E-state index contributed by atoms with van der Waals surface area (Å²) in [6, 6.07) is 0.825. The summed E-state index contributed by atoms with van der Waals surface area (Å²) >= 11 is 7.48. The molecule has 0 atom stereocenters.